The summed E-state index contributed by atoms with van der Waals surface area (Å²) in [5.74, 6) is 0.456. The van der Waals surface area contributed by atoms with Crippen molar-refractivity contribution < 1.29 is 18.3 Å². The van der Waals surface area contributed by atoms with Crippen LogP contribution in [0.1, 0.15) is 16.6 Å². The molecule has 0 spiro atoms. The molecule has 1 atom stereocenters. The number of rotatable bonds is 3. The average molecular weight is 307 g/mol. The van der Waals surface area contributed by atoms with Gasteiger partial charge >= 0.3 is 5.97 Å². The SMILES string of the molecule is CC1CSCCN1S(=O)(=O)c1csc(C(=O)O)c1. The zero-order chi connectivity index (χ0) is 13.3. The van der Waals surface area contributed by atoms with E-state index in [1.165, 1.54) is 15.8 Å². The lowest BCUT2D eigenvalue weighted by Crippen LogP contribution is -2.44. The van der Waals surface area contributed by atoms with Crippen LogP contribution in [-0.2, 0) is 10.0 Å². The van der Waals surface area contributed by atoms with E-state index in [-0.39, 0.29) is 15.8 Å². The first kappa shape index (κ1) is 13.9. The van der Waals surface area contributed by atoms with Gasteiger partial charge in [0.05, 0.1) is 4.90 Å². The van der Waals surface area contributed by atoms with E-state index >= 15 is 0 Å². The molecule has 5 nitrogen and oxygen atoms in total. The number of nitrogens with zero attached hydrogens (tertiary/aromatic N) is 1. The van der Waals surface area contributed by atoms with Gasteiger partial charge in [-0.25, -0.2) is 13.2 Å². The summed E-state index contributed by atoms with van der Waals surface area (Å²) in [5.41, 5.74) is 0. The largest absolute Gasteiger partial charge is 0.477 e. The summed E-state index contributed by atoms with van der Waals surface area (Å²) in [6, 6.07) is 1.18. The van der Waals surface area contributed by atoms with Crippen molar-refractivity contribution in [2.45, 2.75) is 17.9 Å². The van der Waals surface area contributed by atoms with E-state index in [0.29, 0.717) is 6.54 Å². The highest BCUT2D eigenvalue weighted by atomic mass is 32.2. The van der Waals surface area contributed by atoms with Gasteiger partial charge in [0.2, 0.25) is 10.0 Å². The molecule has 1 saturated heterocycles. The second kappa shape index (κ2) is 5.20. The van der Waals surface area contributed by atoms with E-state index in [4.69, 9.17) is 5.11 Å². The van der Waals surface area contributed by atoms with E-state index in [1.807, 2.05) is 6.92 Å². The molecular formula is C10H13NO4S3. The van der Waals surface area contributed by atoms with Crippen LogP contribution in [0, 0.1) is 0 Å². The lowest BCUT2D eigenvalue weighted by Gasteiger charge is -2.31. The highest BCUT2D eigenvalue weighted by Gasteiger charge is 2.32. The molecule has 0 saturated carbocycles. The van der Waals surface area contributed by atoms with Crippen molar-refractivity contribution in [3.05, 3.63) is 16.3 Å². The summed E-state index contributed by atoms with van der Waals surface area (Å²) in [6.45, 7) is 2.35. The van der Waals surface area contributed by atoms with Gasteiger partial charge in [0.25, 0.3) is 0 Å². The summed E-state index contributed by atoms with van der Waals surface area (Å²) < 4.78 is 26.2. The second-order valence-electron chi connectivity index (χ2n) is 3.99. The first-order valence-electron chi connectivity index (χ1n) is 5.34. The number of sulfonamides is 1. The van der Waals surface area contributed by atoms with Crippen LogP contribution >= 0.6 is 23.1 Å². The molecule has 1 aliphatic heterocycles. The molecule has 1 N–H and O–H groups in total. The van der Waals surface area contributed by atoms with E-state index in [2.05, 4.69) is 0 Å². The van der Waals surface area contributed by atoms with Crippen molar-refractivity contribution in [2.24, 2.45) is 0 Å². The minimum atomic E-state index is -3.56. The topological polar surface area (TPSA) is 74.7 Å². The number of carboxylic acid groups (broad SMARTS) is 1. The van der Waals surface area contributed by atoms with Crippen molar-refractivity contribution in [3.8, 4) is 0 Å². The zero-order valence-corrected chi connectivity index (χ0v) is 12.1. The van der Waals surface area contributed by atoms with E-state index in [0.717, 1.165) is 22.8 Å². The van der Waals surface area contributed by atoms with Gasteiger partial charge < -0.3 is 5.11 Å². The zero-order valence-electron chi connectivity index (χ0n) is 9.70. The highest BCUT2D eigenvalue weighted by Crippen LogP contribution is 2.27. The molecular weight excluding hydrogens is 294 g/mol. The molecule has 0 bridgehead atoms. The van der Waals surface area contributed by atoms with Gasteiger partial charge in [-0.2, -0.15) is 16.1 Å². The van der Waals surface area contributed by atoms with Crippen molar-refractivity contribution in [3.63, 3.8) is 0 Å². The molecule has 1 unspecified atom stereocenters. The Morgan fingerprint density at radius 3 is 2.83 bits per heavy atom. The average Bonchev–Trinajstić information content (AvgIpc) is 2.79. The predicted molar refractivity (Wildman–Crippen MR) is 72.0 cm³/mol. The fraction of sp³-hybridized carbons (Fsp3) is 0.500. The minimum absolute atomic E-state index is 0.0487. The molecule has 1 aromatic rings. The minimum Gasteiger partial charge on any atom is -0.477 e. The number of aromatic carboxylic acids is 1. The maximum Gasteiger partial charge on any atom is 0.345 e. The summed E-state index contributed by atoms with van der Waals surface area (Å²) in [5, 5.41) is 10.2. The number of carboxylic acids is 1. The molecule has 1 aliphatic rings. The van der Waals surface area contributed by atoms with Gasteiger partial charge in [-0.15, -0.1) is 11.3 Å². The molecule has 2 rings (SSSR count). The lowest BCUT2D eigenvalue weighted by molar-refractivity contribution is 0.0702. The fourth-order valence-electron chi connectivity index (χ4n) is 1.77. The number of hydrogen-bond acceptors (Lipinski definition) is 5. The Balaban J connectivity index is 2.31. The van der Waals surface area contributed by atoms with Gasteiger partial charge in [0.1, 0.15) is 4.88 Å². The first-order chi connectivity index (χ1) is 8.43. The number of thiophene rings is 1. The first-order valence-corrected chi connectivity index (χ1v) is 8.82. The summed E-state index contributed by atoms with van der Waals surface area (Å²) in [6.07, 6.45) is 0. The van der Waals surface area contributed by atoms with Crippen LogP contribution in [0.3, 0.4) is 0 Å². The molecule has 1 fully saturated rings. The molecule has 0 amide bonds. The van der Waals surface area contributed by atoms with E-state index in [9.17, 15) is 13.2 Å². The van der Waals surface area contributed by atoms with Gasteiger partial charge in [-0.1, -0.05) is 0 Å². The molecule has 2 heterocycles. The van der Waals surface area contributed by atoms with E-state index < -0.39 is 16.0 Å². The fourth-order valence-corrected chi connectivity index (χ4v) is 5.72. The molecule has 0 aliphatic carbocycles. The van der Waals surface area contributed by atoms with Gasteiger partial charge in [0.15, 0.2) is 0 Å². The Hall–Kier alpha value is -0.570. The van der Waals surface area contributed by atoms with Crippen LogP contribution < -0.4 is 0 Å². The van der Waals surface area contributed by atoms with Crippen LogP contribution in [-0.4, -0.2) is 47.9 Å². The third-order valence-corrected chi connectivity index (χ3v) is 6.95. The van der Waals surface area contributed by atoms with Crippen LogP contribution in [0.4, 0.5) is 0 Å². The molecule has 100 valence electrons. The molecule has 1 aromatic heterocycles. The Kier molecular flexibility index (Phi) is 4.00. The molecule has 0 radical (unpaired) electrons. The monoisotopic (exact) mass is 307 g/mol. The molecule has 18 heavy (non-hydrogen) atoms. The molecule has 8 heteroatoms. The third kappa shape index (κ3) is 2.56. The third-order valence-electron chi connectivity index (χ3n) is 2.70. The maximum absolute atomic E-state index is 12.4. The summed E-state index contributed by atoms with van der Waals surface area (Å²) in [4.78, 5) is 10.9. The van der Waals surface area contributed by atoms with Crippen molar-refractivity contribution in [1.82, 2.24) is 4.31 Å². The van der Waals surface area contributed by atoms with E-state index in [1.54, 1.807) is 11.8 Å². The van der Waals surface area contributed by atoms with Crippen LogP contribution in [0.15, 0.2) is 16.3 Å². The van der Waals surface area contributed by atoms with Crippen LogP contribution in [0.5, 0.6) is 0 Å². The number of hydrogen-bond donors (Lipinski definition) is 1. The summed E-state index contributed by atoms with van der Waals surface area (Å²) in [7, 11) is -3.56. The van der Waals surface area contributed by atoms with Gasteiger partial charge in [-0.3, -0.25) is 0 Å². The standard InChI is InChI=1S/C10H13NO4S3/c1-7-5-16-3-2-11(7)18(14,15)8-4-9(10(12)13)17-6-8/h4,6-7H,2-3,5H2,1H3,(H,12,13). The van der Waals surface area contributed by atoms with Gasteiger partial charge in [-0.05, 0) is 13.0 Å². The number of carbonyl (C=O) groups is 1. The van der Waals surface area contributed by atoms with Crippen molar-refractivity contribution in [2.75, 3.05) is 18.1 Å². The Labute approximate surface area is 114 Å². The van der Waals surface area contributed by atoms with Crippen molar-refractivity contribution in [1.29, 1.82) is 0 Å². The molecule has 0 aromatic carbocycles. The number of thioether (sulfide) groups is 1. The summed E-state index contributed by atoms with van der Waals surface area (Å²) >= 11 is 2.67. The predicted octanol–water partition coefficient (Wildman–Crippen LogP) is 1.57. The second-order valence-corrected chi connectivity index (χ2v) is 7.94. The van der Waals surface area contributed by atoms with Crippen molar-refractivity contribution >= 4 is 39.1 Å². The Bertz CT molecular complexity index is 551. The Morgan fingerprint density at radius 1 is 1.56 bits per heavy atom. The highest BCUT2D eigenvalue weighted by molar-refractivity contribution is 7.99. The Morgan fingerprint density at radius 2 is 2.28 bits per heavy atom. The normalized spacial score (nSPS) is 21.9. The van der Waals surface area contributed by atoms with Crippen LogP contribution in [0.2, 0.25) is 0 Å². The smallest absolute Gasteiger partial charge is 0.345 e. The van der Waals surface area contributed by atoms with Gasteiger partial charge in [0, 0.05) is 29.5 Å². The quantitative estimate of drug-likeness (QED) is 0.917. The van der Waals surface area contributed by atoms with Crippen LogP contribution in [0.25, 0.3) is 0 Å². The lowest BCUT2D eigenvalue weighted by atomic mass is 10.4. The maximum atomic E-state index is 12.4.